The lowest BCUT2D eigenvalue weighted by Crippen LogP contribution is -2.47. The summed E-state index contributed by atoms with van der Waals surface area (Å²) in [5.74, 6) is 0.885. The van der Waals surface area contributed by atoms with E-state index >= 15 is 0 Å². The number of piperazine rings is 1. The highest BCUT2D eigenvalue weighted by molar-refractivity contribution is 14.0. The van der Waals surface area contributed by atoms with Crippen LogP contribution in [0.2, 0.25) is 0 Å². The van der Waals surface area contributed by atoms with Gasteiger partial charge in [0.15, 0.2) is 5.96 Å². The van der Waals surface area contributed by atoms with Crippen molar-refractivity contribution >= 4 is 35.6 Å². The third-order valence-electron chi connectivity index (χ3n) is 4.62. The van der Waals surface area contributed by atoms with Crippen molar-refractivity contribution in [3.05, 3.63) is 30.3 Å². The van der Waals surface area contributed by atoms with Crippen LogP contribution >= 0.6 is 24.0 Å². The van der Waals surface area contributed by atoms with Crippen molar-refractivity contribution in [1.29, 1.82) is 0 Å². The number of ether oxygens (including phenoxy) is 1. The number of nitrogens with zero attached hydrogens (tertiary/aromatic N) is 3. The molecule has 1 aliphatic rings. The molecule has 0 bridgehead atoms. The number of guanidine groups is 1. The zero-order valence-corrected chi connectivity index (χ0v) is 19.2. The van der Waals surface area contributed by atoms with E-state index in [2.05, 4.69) is 55.8 Å². The number of benzene rings is 1. The zero-order chi connectivity index (χ0) is 18.5. The fraction of sp³-hybridized carbons (Fsp3) is 0.650. The Balaban J connectivity index is 0.00000364. The van der Waals surface area contributed by atoms with Crippen LogP contribution in [0.4, 0.5) is 5.69 Å². The number of hydrogen-bond donors (Lipinski definition) is 2. The van der Waals surface area contributed by atoms with Gasteiger partial charge in [-0.2, -0.15) is 0 Å². The molecule has 1 aromatic carbocycles. The topological polar surface area (TPSA) is 52.1 Å². The molecule has 2 rings (SSSR count). The van der Waals surface area contributed by atoms with E-state index in [-0.39, 0.29) is 24.0 Å². The smallest absolute Gasteiger partial charge is 0.190 e. The van der Waals surface area contributed by atoms with E-state index in [0.29, 0.717) is 0 Å². The second-order valence-corrected chi connectivity index (χ2v) is 6.49. The third kappa shape index (κ3) is 9.62. The van der Waals surface area contributed by atoms with Gasteiger partial charge < -0.3 is 20.3 Å². The van der Waals surface area contributed by atoms with E-state index in [4.69, 9.17) is 4.74 Å². The van der Waals surface area contributed by atoms with Gasteiger partial charge in [0.05, 0.1) is 0 Å². The maximum atomic E-state index is 5.34. The summed E-state index contributed by atoms with van der Waals surface area (Å²) in [4.78, 5) is 9.30. The Morgan fingerprint density at radius 1 is 1.04 bits per heavy atom. The highest BCUT2D eigenvalue weighted by Gasteiger charge is 2.16. The Kier molecular flexibility index (Phi) is 13.3. The number of aliphatic imine (C=N–C) groups is 1. The van der Waals surface area contributed by atoms with E-state index in [0.717, 1.165) is 77.8 Å². The molecule has 27 heavy (non-hydrogen) atoms. The minimum atomic E-state index is 0. The summed E-state index contributed by atoms with van der Waals surface area (Å²) in [5.41, 5.74) is 1.34. The standard InChI is InChI=1S/C20H35N5O.HI/c1-3-26-18-8-12-23-20(21-2)22-11-7-13-24-14-16-25(17-15-24)19-9-5-4-6-10-19;/h4-6,9-10H,3,7-8,11-18H2,1-2H3,(H2,21,22,23);1H. The molecule has 0 amide bonds. The number of para-hydroxylation sites is 1. The molecule has 0 radical (unpaired) electrons. The van der Waals surface area contributed by atoms with Gasteiger partial charge in [-0.05, 0) is 38.4 Å². The van der Waals surface area contributed by atoms with E-state index in [9.17, 15) is 0 Å². The van der Waals surface area contributed by atoms with Gasteiger partial charge >= 0.3 is 0 Å². The van der Waals surface area contributed by atoms with Gasteiger partial charge in [0.1, 0.15) is 0 Å². The second kappa shape index (κ2) is 14.9. The van der Waals surface area contributed by atoms with Gasteiger partial charge in [-0.1, -0.05) is 18.2 Å². The van der Waals surface area contributed by atoms with Crippen LogP contribution in [0.1, 0.15) is 19.8 Å². The first kappa shape index (κ1) is 24.0. The fourth-order valence-electron chi connectivity index (χ4n) is 3.12. The number of halogens is 1. The average Bonchev–Trinajstić information content (AvgIpc) is 2.70. The number of hydrogen-bond acceptors (Lipinski definition) is 4. The lowest BCUT2D eigenvalue weighted by atomic mass is 10.2. The molecule has 154 valence electrons. The van der Waals surface area contributed by atoms with Crippen molar-refractivity contribution in [2.75, 3.05) is 71.0 Å². The van der Waals surface area contributed by atoms with Crippen molar-refractivity contribution in [2.24, 2.45) is 4.99 Å². The van der Waals surface area contributed by atoms with Crippen LogP contribution in [-0.2, 0) is 4.74 Å². The first-order valence-electron chi connectivity index (χ1n) is 9.88. The first-order chi connectivity index (χ1) is 12.8. The van der Waals surface area contributed by atoms with Crippen molar-refractivity contribution in [1.82, 2.24) is 15.5 Å². The van der Waals surface area contributed by atoms with Crippen LogP contribution in [0.15, 0.2) is 35.3 Å². The van der Waals surface area contributed by atoms with Gasteiger partial charge in [-0.3, -0.25) is 9.89 Å². The highest BCUT2D eigenvalue weighted by atomic mass is 127. The van der Waals surface area contributed by atoms with Gasteiger partial charge in [-0.25, -0.2) is 0 Å². The van der Waals surface area contributed by atoms with Crippen LogP contribution in [-0.4, -0.2) is 76.9 Å². The molecule has 0 atom stereocenters. The molecule has 0 aliphatic carbocycles. The van der Waals surface area contributed by atoms with Crippen LogP contribution in [0.3, 0.4) is 0 Å². The number of rotatable bonds is 10. The maximum absolute atomic E-state index is 5.34. The van der Waals surface area contributed by atoms with Crippen LogP contribution in [0.5, 0.6) is 0 Å². The molecule has 6 nitrogen and oxygen atoms in total. The second-order valence-electron chi connectivity index (χ2n) is 6.49. The van der Waals surface area contributed by atoms with E-state index in [1.165, 1.54) is 5.69 Å². The van der Waals surface area contributed by atoms with Crippen LogP contribution in [0, 0.1) is 0 Å². The molecule has 1 aromatic rings. The largest absolute Gasteiger partial charge is 0.382 e. The fourth-order valence-corrected chi connectivity index (χ4v) is 3.12. The summed E-state index contributed by atoms with van der Waals surface area (Å²) >= 11 is 0. The lowest BCUT2D eigenvalue weighted by Gasteiger charge is -2.36. The van der Waals surface area contributed by atoms with Gasteiger partial charge in [0, 0.05) is 65.2 Å². The summed E-state index contributed by atoms with van der Waals surface area (Å²) in [6, 6.07) is 10.7. The van der Waals surface area contributed by atoms with Crippen molar-refractivity contribution in [3.63, 3.8) is 0 Å². The monoisotopic (exact) mass is 489 g/mol. The molecule has 1 fully saturated rings. The summed E-state index contributed by atoms with van der Waals surface area (Å²) in [6.45, 7) is 11.1. The summed E-state index contributed by atoms with van der Waals surface area (Å²) < 4.78 is 5.34. The normalized spacial score (nSPS) is 15.3. The molecular formula is C20H36IN5O. The molecule has 7 heteroatoms. The SMILES string of the molecule is CCOCCCNC(=NC)NCCCN1CCN(c2ccccc2)CC1.I. The average molecular weight is 489 g/mol. The Labute approximate surface area is 181 Å². The molecule has 0 saturated carbocycles. The number of anilines is 1. The predicted octanol–water partition coefficient (Wildman–Crippen LogP) is 2.41. The quantitative estimate of drug-likeness (QED) is 0.229. The molecule has 0 spiro atoms. The molecular weight excluding hydrogens is 453 g/mol. The summed E-state index contributed by atoms with van der Waals surface area (Å²) in [6.07, 6.45) is 2.13. The molecule has 2 N–H and O–H groups in total. The van der Waals surface area contributed by atoms with Crippen LogP contribution < -0.4 is 15.5 Å². The molecule has 1 saturated heterocycles. The minimum Gasteiger partial charge on any atom is -0.382 e. The van der Waals surface area contributed by atoms with E-state index < -0.39 is 0 Å². The Hall–Kier alpha value is -1.06. The lowest BCUT2D eigenvalue weighted by molar-refractivity contribution is 0.145. The molecule has 1 heterocycles. The molecule has 0 unspecified atom stereocenters. The number of nitrogens with one attached hydrogen (secondary N) is 2. The van der Waals surface area contributed by atoms with Gasteiger partial charge in [0.2, 0.25) is 0 Å². The molecule has 1 aliphatic heterocycles. The maximum Gasteiger partial charge on any atom is 0.190 e. The minimum absolute atomic E-state index is 0. The zero-order valence-electron chi connectivity index (χ0n) is 16.8. The van der Waals surface area contributed by atoms with Crippen molar-refractivity contribution < 1.29 is 4.74 Å². The Morgan fingerprint density at radius 3 is 2.33 bits per heavy atom. The summed E-state index contributed by atoms with van der Waals surface area (Å²) in [5, 5.41) is 6.72. The van der Waals surface area contributed by atoms with E-state index in [1.54, 1.807) is 0 Å². The Morgan fingerprint density at radius 2 is 1.70 bits per heavy atom. The highest BCUT2D eigenvalue weighted by Crippen LogP contribution is 2.15. The van der Waals surface area contributed by atoms with Gasteiger partial charge in [-0.15, -0.1) is 24.0 Å². The van der Waals surface area contributed by atoms with Gasteiger partial charge in [0.25, 0.3) is 0 Å². The third-order valence-corrected chi connectivity index (χ3v) is 4.62. The first-order valence-corrected chi connectivity index (χ1v) is 9.88. The summed E-state index contributed by atoms with van der Waals surface area (Å²) in [7, 11) is 1.82. The van der Waals surface area contributed by atoms with Crippen molar-refractivity contribution in [3.8, 4) is 0 Å². The van der Waals surface area contributed by atoms with E-state index in [1.807, 2.05) is 14.0 Å². The molecule has 0 aromatic heterocycles. The van der Waals surface area contributed by atoms with Crippen molar-refractivity contribution in [2.45, 2.75) is 19.8 Å². The Bertz CT molecular complexity index is 506. The predicted molar refractivity (Wildman–Crippen MR) is 126 cm³/mol. The van der Waals surface area contributed by atoms with Crippen LogP contribution in [0.25, 0.3) is 0 Å².